The Bertz CT molecular complexity index is 854. The quantitative estimate of drug-likeness (QED) is 0.784. The molecule has 1 heterocycles. The van der Waals surface area contributed by atoms with Gasteiger partial charge in [0, 0.05) is 25.6 Å². The highest BCUT2D eigenvalue weighted by Crippen LogP contribution is 2.38. The van der Waals surface area contributed by atoms with Gasteiger partial charge in [-0.25, -0.2) is 0 Å². The third-order valence-corrected chi connectivity index (χ3v) is 5.71. The number of aryl methyl sites for hydroxylation is 1. The minimum absolute atomic E-state index is 0.149. The summed E-state index contributed by atoms with van der Waals surface area (Å²) in [5, 5.41) is 0. The van der Waals surface area contributed by atoms with Crippen molar-refractivity contribution in [3.63, 3.8) is 0 Å². The number of carbonyl (C=O) groups is 1. The molecule has 3 nitrogen and oxygen atoms in total. The van der Waals surface area contributed by atoms with Crippen LogP contribution in [0, 0.1) is 0 Å². The molecular weight excluding hydrogens is 334 g/mol. The average Bonchev–Trinajstić information content (AvgIpc) is 2.72. The summed E-state index contributed by atoms with van der Waals surface area (Å²) in [5.41, 5.74) is 6.55. The first-order chi connectivity index (χ1) is 13.2. The molecule has 4 rings (SSSR count). The van der Waals surface area contributed by atoms with Crippen LogP contribution in [0.1, 0.15) is 48.4 Å². The number of benzene rings is 2. The fourth-order valence-electron chi connectivity index (χ4n) is 4.14. The lowest BCUT2D eigenvalue weighted by atomic mass is 9.86. The Kier molecular flexibility index (Phi) is 5.28. The van der Waals surface area contributed by atoms with Crippen LogP contribution in [0.15, 0.2) is 48.5 Å². The summed E-state index contributed by atoms with van der Waals surface area (Å²) >= 11 is 0. The van der Waals surface area contributed by atoms with Crippen molar-refractivity contribution in [2.45, 2.75) is 45.6 Å². The van der Waals surface area contributed by atoms with E-state index in [0.29, 0.717) is 13.2 Å². The van der Waals surface area contributed by atoms with Gasteiger partial charge in [0.1, 0.15) is 12.4 Å². The van der Waals surface area contributed by atoms with Crippen LogP contribution in [0.3, 0.4) is 0 Å². The first-order valence-corrected chi connectivity index (χ1v) is 9.99. The van der Waals surface area contributed by atoms with Crippen molar-refractivity contribution < 1.29 is 9.53 Å². The van der Waals surface area contributed by atoms with Crippen LogP contribution in [0.4, 0.5) is 0 Å². The second kappa shape index (κ2) is 7.99. The fourth-order valence-corrected chi connectivity index (χ4v) is 4.14. The molecule has 1 aliphatic carbocycles. The zero-order chi connectivity index (χ0) is 18.6. The summed E-state index contributed by atoms with van der Waals surface area (Å²) in [5.74, 6) is 1.22. The molecule has 1 amide bonds. The maximum atomic E-state index is 11.6. The number of amides is 1. The van der Waals surface area contributed by atoms with Gasteiger partial charge in [0.05, 0.1) is 0 Å². The van der Waals surface area contributed by atoms with Crippen molar-refractivity contribution >= 4 is 11.5 Å². The standard InChI is InChI=1S/C24H27NO2/c1-18(26)25-15-13-21(14-16-25)23-12-11-20-9-5-6-10-22(20)24(23)27-17-19-7-3-2-4-8-19/h2-4,7-8,11-13H,5-6,9-10,14-17H2,1H3. The Morgan fingerprint density at radius 3 is 2.59 bits per heavy atom. The molecule has 0 bridgehead atoms. The van der Waals surface area contributed by atoms with Gasteiger partial charge in [-0.05, 0) is 54.4 Å². The molecule has 0 fully saturated rings. The Hall–Kier alpha value is -2.55. The van der Waals surface area contributed by atoms with Crippen molar-refractivity contribution in [3.8, 4) is 5.75 Å². The van der Waals surface area contributed by atoms with Gasteiger partial charge in [0.15, 0.2) is 0 Å². The SMILES string of the molecule is CC(=O)N1CC=C(c2ccc3c(c2OCc2ccccc2)CCCC3)CC1. The van der Waals surface area contributed by atoms with Crippen LogP contribution in [0.2, 0.25) is 0 Å². The lowest BCUT2D eigenvalue weighted by Gasteiger charge is -2.28. The summed E-state index contributed by atoms with van der Waals surface area (Å²) in [4.78, 5) is 13.5. The van der Waals surface area contributed by atoms with Crippen molar-refractivity contribution in [3.05, 3.63) is 70.8 Å². The van der Waals surface area contributed by atoms with Crippen LogP contribution in [0.5, 0.6) is 5.75 Å². The molecule has 0 atom stereocenters. The summed E-state index contributed by atoms with van der Waals surface area (Å²) in [6.45, 7) is 3.72. The smallest absolute Gasteiger partial charge is 0.219 e. The Balaban J connectivity index is 1.65. The highest BCUT2D eigenvalue weighted by molar-refractivity contribution is 5.78. The minimum Gasteiger partial charge on any atom is -0.488 e. The highest BCUT2D eigenvalue weighted by Gasteiger charge is 2.22. The topological polar surface area (TPSA) is 29.5 Å². The summed E-state index contributed by atoms with van der Waals surface area (Å²) < 4.78 is 6.43. The van der Waals surface area contributed by atoms with Gasteiger partial charge < -0.3 is 9.64 Å². The molecular formula is C24H27NO2. The predicted octanol–water partition coefficient (Wildman–Crippen LogP) is 4.78. The Morgan fingerprint density at radius 1 is 1.04 bits per heavy atom. The second-order valence-electron chi connectivity index (χ2n) is 7.51. The summed E-state index contributed by atoms with van der Waals surface area (Å²) in [6.07, 6.45) is 7.83. The van der Waals surface area contributed by atoms with Crippen LogP contribution in [-0.4, -0.2) is 23.9 Å². The molecule has 1 aliphatic heterocycles. The van der Waals surface area contributed by atoms with Gasteiger partial charge in [-0.2, -0.15) is 0 Å². The maximum Gasteiger partial charge on any atom is 0.219 e. The van der Waals surface area contributed by atoms with Crippen molar-refractivity contribution in [2.24, 2.45) is 0 Å². The van der Waals surface area contributed by atoms with Crippen molar-refractivity contribution in [2.75, 3.05) is 13.1 Å². The molecule has 0 spiro atoms. The molecule has 27 heavy (non-hydrogen) atoms. The fraction of sp³-hybridized carbons (Fsp3) is 0.375. The number of ether oxygens (including phenoxy) is 1. The van der Waals surface area contributed by atoms with E-state index in [0.717, 1.165) is 31.6 Å². The van der Waals surface area contributed by atoms with Crippen molar-refractivity contribution in [1.82, 2.24) is 4.90 Å². The average molecular weight is 361 g/mol. The van der Waals surface area contributed by atoms with E-state index in [9.17, 15) is 4.79 Å². The van der Waals surface area contributed by atoms with Gasteiger partial charge in [0.25, 0.3) is 0 Å². The van der Waals surface area contributed by atoms with Crippen LogP contribution in [0.25, 0.3) is 5.57 Å². The molecule has 2 aromatic carbocycles. The summed E-state index contributed by atoms with van der Waals surface area (Å²) in [6, 6.07) is 14.9. The van der Waals surface area contributed by atoms with Crippen molar-refractivity contribution in [1.29, 1.82) is 0 Å². The Labute approximate surface area is 161 Å². The van der Waals surface area contributed by atoms with E-state index in [-0.39, 0.29) is 5.91 Å². The van der Waals surface area contributed by atoms with Gasteiger partial charge >= 0.3 is 0 Å². The molecule has 0 saturated carbocycles. The van der Waals surface area contributed by atoms with Gasteiger partial charge in [-0.15, -0.1) is 0 Å². The molecule has 0 unspecified atom stereocenters. The maximum absolute atomic E-state index is 11.6. The Morgan fingerprint density at radius 2 is 1.85 bits per heavy atom. The molecule has 0 N–H and O–H groups in total. The molecule has 2 aromatic rings. The van der Waals surface area contributed by atoms with E-state index in [1.165, 1.54) is 40.7 Å². The van der Waals surface area contributed by atoms with E-state index in [2.05, 4.69) is 42.5 Å². The number of hydrogen-bond acceptors (Lipinski definition) is 2. The van der Waals surface area contributed by atoms with Crippen LogP contribution >= 0.6 is 0 Å². The third-order valence-electron chi connectivity index (χ3n) is 5.71. The molecule has 0 saturated heterocycles. The minimum atomic E-state index is 0.149. The van der Waals surface area contributed by atoms with E-state index in [4.69, 9.17) is 4.74 Å². The number of nitrogens with zero attached hydrogens (tertiary/aromatic N) is 1. The number of fused-ring (bicyclic) bond motifs is 1. The second-order valence-corrected chi connectivity index (χ2v) is 7.51. The molecule has 0 aromatic heterocycles. The third kappa shape index (κ3) is 3.92. The monoisotopic (exact) mass is 361 g/mol. The molecule has 2 aliphatic rings. The van der Waals surface area contributed by atoms with Gasteiger partial charge in [-0.3, -0.25) is 4.79 Å². The molecule has 0 radical (unpaired) electrons. The van der Waals surface area contributed by atoms with Crippen LogP contribution in [-0.2, 0) is 24.2 Å². The summed E-state index contributed by atoms with van der Waals surface area (Å²) in [7, 11) is 0. The number of hydrogen-bond donors (Lipinski definition) is 0. The zero-order valence-electron chi connectivity index (χ0n) is 16.0. The van der Waals surface area contributed by atoms with Gasteiger partial charge in [0.2, 0.25) is 5.91 Å². The number of carbonyl (C=O) groups excluding carboxylic acids is 1. The number of rotatable bonds is 4. The van der Waals surface area contributed by atoms with Gasteiger partial charge in [-0.1, -0.05) is 48.5 Å². The first-order valence-electron chi connectivity index (χ1n) is 9.99. The first kappa shape index (κ1) is 17.8. The predicted molar refractivity (Wildman–Crippen MR) is 109 cm³/mol. The van der Waals surface area contributed by atoms with E-state index < -0.39 is 0 Å². The normalized spacial score (nSPS) is 16.5. The largest absolute Gasteiger partial charge is 0.488 e. The molecule has 140 valence electrons. The van der Waals surface area contributed by atoms with E-state index in [1.807, 2.05) is 11.0 Å². The lowest BCUT2D eigenvalue weighted by Crippen LogP contribution is -2.32. The van der Waals surface area contributed by atoms with E-state index >= 15 is 0 Å². The zero-order valence-corrected chi connectivity index (χ0v) is 16.0. The highest BCUT2D eigenvalue weighted by atomic mass is 16.5. The van der Waals surface area contributed by atoms with Crippen LogP contribution < -0.4 is 4.74 Å². The molecule has 3 heteroatoms. The lowest BCUT2D eigenvalue weighted by molar-refractivity contribution is -0.128. The van der Waals surface area contributed by atoms with E-state index in [1.54, 1.807) is 6.92 Å².